The molecule has 0 saturated carbocycles. The van der Waals surface area contributed by atoms with Crippen LogP contribution in [0.15, 0.2) is 28.7 Å². The Hall–Kier alpha value is -1.57. The quantitative estimate of drug-likeness (QED) is 0.608. The van der Waals surface area contributed by atoms with E-state index in [1.165, 1.54) is 22.7 Å². The first-order valence-electron chi connectivity index (χ1n) is 7.49. The van der Waals surface area contributed by atoms with Gasteiger partial charge in [0.25, 0.3) is 5.91 Å². The first-order chi connectivity index (χ1) is 11.5. The fourth-order valence-corrected chi connectivity index (χ4v) is 4.37. The SMILES string of the molecule is CCc1sc(NC(=O)c2sc(C)nc2C)nc1-c1ccc(Br)cc1. The van der Waals surface area contributed by atoms with Gasteiger partial charge in [-0.1, -0.05) is 35.0 Å². The van der Waals surface area contributed by atoms with Gasteiger partial charge in [-0.3, -0.25) is 10.1 Å². The summed E-state index contributed by atoms with van der Waals surface area (Å²) in [5.74, 6) is -0.142. The first-order valence-corrected chi connectivity index (χ1v) is 9.91. The van der Waals surface area contributed by atoms with Gasteiger partial charge in [-0.15, -0.1) is 22.7 Å². The Bertz CT molecular complexity index is 884. The van der Waals surface area contributed by atoms with E-state index in [9.17, 15) is 4.79 Å². The minimum absolute atomic E-state index is 0.142. The molecule has 1 amide bonds. The minimum Gasteiger partial charge on any atom is -0.297 e. The molecule has 24 heavy (non-hydrogen) atoms. The highest BCUT2D eigenvalue weighted by Crippen LogP contribution is 2.32. The lowest BCUT2D eigenvalue weighted by Crippen LogP contribution is -2.11. The number of benzene rings is 1. The molecule has 2 aromatic heterocycles. The molecule has 0 aliphatic rings. The Labute approximate surface area is 157 Å². The Morgan fingerprint density at radius 1 is 1.17 bits per heavy atom. The molecule has 0 aliphatic heterocycles. The van der Waals surface area contributed by atoms with Crippen molar-refractivity contribution in [2.24, 2.45) is 0 Å². The fraction of sp³-hybridized carbons (Fsp3) is 0.235. The van der Waals surface area contributed by atoms with Crippen LogP contribution < -0.4 is 5.32 Å². The van der Waals surface area contributed by atoms with E-state index in [4.69, 9.17) is 0 Å². The van der Waals surface area contributed by atoms with Crippen molar-refractivity contribution < 1.29 is 4.79 Å². The first kappa shape index (κ1) is 17.3. The van der Waals surface area contributed by atoms with Crippen LogP contribution in [-0.4, -0.2) is 15.9 Å². The molecular formula is C17H16BrN3OS2. The average Bonchev–Trinajstić information content (AvgIpc) is 3.10. The van der Waals surface area contributed by atoms with Crippen molar-refractivity contribution in [3.05, 3.63) is 49.2 Å². The van der Waals surface area contributed by atoms with Crippen LogP contribution in [0.3, 0.4) is 0 Å². The van der Waals surface area contributed by atoms with Crippen molar-refractivity contribution in [2.45, 2.75) is 27.2 Å². The number of halogens is 1. The summed E-state index contributed by atoms with van der Waals surface area (Å²) in [5, 5.41) is 4.43. The third-order valence-electron chi connectivity index (χ3n) is 3.47. The Morgan fingerprint density at radius 3 is 2.46 bits per heavy atom. The van der Waals surface area contributed by atoms with Crippen molar-refractivity contribution in [3.8, 4) is 11.3 Å². The maximum Gasteiger partial charge on any atom is 0.269 e. The summed E-state index contributed by atoms with van der Waals surface area (Å²) in [4.78, 5) is 23.2. The normalized spacial score (nSPS) is 10.8. The fourth-order valence-electron chi connectivity index (χ4n) is 2.37. The molecule has 0 radical (unpaired) electrons. The van der Waals surface area contributed by atoms with Crippen molar-refractivity contribution in [1.29, 1.82) is 0 Å². The van der Waals surface area contributed by atoms with E-state index >= 15 is 0 Å². The number of rotatable bonds is 4. The number of amides is 1. The highest BCUT2D eigenvalue weighted by atomic mass is 79.9. The molecule has 7 heteroatoms. The van der Waals surface area contributed by atoms with Gasteiger partial charge in [0, 0.05) is 14.9 Å². The molecule has 0 bridgehead atoms. The van der Waals surface area contributed by atoms with Crippen LogP contribution in [0.4, 0.5) is 5.13 Å². The Balaban J connectivity index is 1.88. The second kappa shape index (κ2) is 7.13. The second-order valence-electron chi connectivity index (χ2n) is 5.25. The summed E-state index contributed by atoms with van der Waals surface area (Å²) < 4.78 is 1.03. The van der Waals surface area contributed by atoms with Crippen molar-refractivity contribution in [3.63, 3.8) is 0 Å². The van der Waals surface area contributed by atoms with Gasteiger partial charge in [-0.2, -0.15) is 0 Å². The summed E-state index contributed by atoms with van der Waals surface area (Å²) in [6.45, 7) is 5.85. The van der Waals surface area contributed by atoms with Crippen LogP contribution >= 0.6 is 38.6 Å². The largest absolute Gasteiger partial charge is 0.297 e. The number of hydrogen-bond acceptors (Lipinski definition) is 5. The van der Waals surface area contributed by atoms with Crippen LogP contribution in [0, 0.1) is 13.8 Å². The molecule has 0 fully saturated rings. The smallest absolute Gasteiger partial charge is 0.269 e. The average molecular weight is 422 g/mol. The van der Waals surface area contributed by atoms with Crippen LogP contribution in [0.25, 0.3) is 11.3 Å². The molecular weight excluding hydrogens is 406 g/mol. The van der Waals surface area contributed by atoms with Gasteiger partial charge >= 0.3 is 0 Å². The Morgan fingerprint density at radius 2 is 1.88 bits per heavy atom. The number of aryl methyl sites for hydroxylation is 3. The number of carbonyl (C=O) groups is 1. The molecule has 3 aromatic rings. The molecule has 0 spiro atoms. The van der Waals surface area contributed by atoms with Crippen LogP contribution in [0.2, 0.25) is 0 Å². The summed E-state index contributed by atoms with van der Waals surface area (Å²) >= 11 is 6.38. The maximum atomic E-state index is 12.5. The minimum atomic E-state index is -0.142. The predicted molar refractivity (Wildman–Crippen MR) is 104 cm³/mol. The monoisotopic (exact) mass is 421 g/mol. The molecule has 1 N–H and O–H groups in total. The number of hydrogen-bond donors (Lipinski definition) is 1. The number of anilines is 1. The van der Waals surface area contributed by atoms with Crippen molar-refractivity contribution >= 4 is 49.6 Å². The highest BCUT2D eigenvalue weighted by Gasteiger charge is 2.17. The number of aromatic nitrogens is 2. The number of nitrogens with one attached hydrogen (secondary N) is 1. The van der Waals surface area contributed by atoms with E-state index in [1.54, 1.807) is 0 Å². The number of nitrogens with zero attached hydrogens (tertiary/aromatic N) is 2. The van der Waals surface area contributed by atoms with Gasteiger partial charge in [-0.25, -0.2) is 9.97 Å². The third kappa shape index (κ3) is 3.58. The molecule has 1 aromatic carbocycles. The summed E-state index contributed by atoms with van der Waals surface area (Å²) in [5.41, 5.74) is 2.74. The van der Waals surface area contributed by atoms with E-state index in [0.717, 1.165) is 37.7 Å². The van der Waals surface area contributed by atoms with Crippen LogP contribution in [0.5, 0.6) is 0 Å². The van der Waals surface area contributed by atoms with Gasteiger partial charge < -0.3 is 0 Å². The van der Waals surface area contributed by atoms with E-state index in [1.807, 2.05) is 38.1 Å². The van der Waals surface area contributed by atoms with E-state index in [2.05, 4.69) is 38.1 Å². The lowest BCUT2D eigenvalue weighted by atomic mass is 10.1. The van der Waals surface area contributed by atoms with Gasteiger partial charge in [0.1, 0.15) is 4.88 Å². The van der Waals surface area contributed by atoms with E-state index < -0.39 is 0 Å². The lowest BCUT2D eigenvalue weighted by molar-refractivity contribution is 0.103. The van der Waals surface area contributed by atoms with Gasteiger partial charge in [0.05, 0.1) is 16.4 Å². The summed E-state index contributed by atoms with van der Waals surface area (Å²) in [7, 11) is 0. The number of carbonyl (C=O) groups excluding carboxylic acids is 1. The molecule has 3 rings (SSSR count). The third-order valence-corrected chi connectivity index (χ3v) is 6.18. The molecule has 4 nitrogen and oxygen atoms in total. The van der Waals surface area contributed by atoms with E-state index in [-0.39, 0.29) is 5.91 Å². The van der Waals surface area contributed by atoms with Gasteiger partial charge in [0.15, 0.2) is 5.13 Å². The van der Waals surface area contributed by atoms with Gasteiger partial charge in [-0.05, 0) is 32.4 Å². The molecule has 2 heterocycles. The van der Waals surface area contributed by atoms with Crippen molar-refractivity contribution in [2.75, 3.05) is 5.32 Å². The van der Waals surface area contributed by atoms with E-state index in [0.29, 0.717) is 10.0 Å². The molecule has 124 valence electrons. The summed E-state index contributed by atoms with van der Waals surface area (Å²) in [6.07, 6.45) is 0.873. The maximum absolute atomic E-state index is 12.5. The Kier molecular flexibility index (Phi) is 5.12. The molecule has 0 unspecified atom stereocenters. The molecule has 0 saturated heterocycles. The zero-order chi connectivity index (χ0) is 17.3. The van der Waals surface area contributed by atoms with Crippen LogP contribution in [-0.2, 0) is 6.42 Å². The predicted octanol–water partition coefficient (Wildman–Crippen LogP) is 5.46. The topological polar surface area (TPSA) is 54.9 Å². The molecule has 0 atom stereocenters. The van der Waals surface area contributed by atoms with Gasteiger partial charge in [0.2, 0.25) is 0 Å². The number of thiazole rings is 2. The summed E-state index contributed by atoms with van der Waals surface area (Å²) in [6, 6.07) is 8.05. The highest BCUT2D eigenvalue weighted by molar-refractivity contribution is 9.10. The van der Waals surface area contributed by atoms with Crippen LogP contribution in [0.1, 0.15) is 32.2 Å². The standard InChI is InChI=1S/C17H16BrN3OS2/c1-4-13-14(11-5-7-12(18)8-6-11)20-17(24-13)21-16(22)15-9(2)19-10(3)23-15/h5-8H,4H2,1-3H3,(H,20,21,22). The van der Waals surface area contributed by atoms with Crippen molar-refractivity contribution in [1.82, 2.24) is 9.97 Å². The lowest BCUT2D eigenvalue weighted by Gasteiger charge is -2.00. The zero-order valence-electron chi connectivity index (χ0n) is 13.5. The zero-order valence-corrected chi connectivity index (χ0v) is 16.7. The second-order valence-corrected chi connectivity index (χ2v) is 8.46. The molecule has 0 aliphatic carbocycles.